The van der Waals surface area contributed by atoms with Crippen molar-refractivity contribution in [2.45, 2.75) is 18.4 Å². The van der Waals surface area contributed by atoms with Gasteiger partial charge in [-0.15, -0.1) is 0 Å². The van der Waals surface area contributed by atoms with Gasteiger partial charge in [-0.25, -0.2) is 17.9 Å². The van der Waals surface area contributed by atoms with Gasteiger partial charge in [0.1, 0.15) is 0 Å². The van der Waals surface area contributed by atoms with Gasteiger partial charge in [-0.05, 0) is 36.8 Å². The lowest BCUT2D eigenvalue weighted by Gasteiger charge is -2.09. The second-order valence-electron chi connectivity index (χ2n) is 4.32. The summed E-state index contributed by atoms with van der Waals surface area (Å²) in [6.45, 7) is 1.58. The quantitative estimate of drug-likeness (QED) is 0.851. The van der Waals surface area contributed by atoms with Crippen LogP contribution in [-0.4, -0.2) is 29.7 Å². The molecular weight excluding hydrogens is 294 g/mol. The molecule has 2 rings (SSSR count). The van der Waals surface area contributed by atoms with Crippen LogP contribution in [0.1, 0.15) is 21.6 Å². The highest BCUT2D eigenvalue weighted by atomic mass is 32.2. The third-order valence-electron chi connectivity index (χ3n) is 2.80. The lowest BCUT2D eigenvalue weighted by Crippen LogP contribution is -2.25. The van der Waals surface area contributed by atoms with Crippen molar-refractivity contribution in [3.63, 3.8) is 0 Å². The van der Waals surface area contributed by atoms with Crippen molar-refractivity contribution >= 4 is 16.0 Å². The number of nitrogens with zero attached hydrogens (tertiary/aromatic N) is 2. The van der Waals surface area contributed by atoms with Crippen molar-refractivity contribution in [3.8, 4) is 0 Å². The fourth-order valence-electron chi connectivity index (χ4n) is 1.70. The van der Waals surface area contributed by atoms with E-state index in [0.29, 0.717) is 11.3 Å². The molecule has 110 valence electrons. The maximum absolute atomic E-state index is 12.2. The predicted octanol–water partition coefficient (Wildman–Crippen LogP) is 0.962. The first-order chi connectivity index (χ1) is 9.90. The van der Waals surface area contributed by atoms with Crippen LogP contribution in [0, 0.1) is 6.92 Å². The van der Waals surface area contributed by atoms with Crippen molar-refractivity contribution in [3.05, 3.63) is 53.3 Å². The Morgan fingerprint density at radius 2 is 2.10 bits per heavy atom. The Morgan fingerprint density at radius 1 is 1.33 bits per heavy atom. The molecule has 0 spiro atoms. The van der Waals surface area contributed by atoms with E-state index in [0.717, 1.165) is 6.07 Å². The first kappa shape index (κ1) is 15.1. The summed E-state index contributed by atoms with van der Waals surface area (Å²) in [6.07, 6.45) is 1.48. The van der Waals surface area contributed by atoms with E-state index >= 15 is 0 Å². The van der Waals surface area contributed by atoms with Crippen LogP contribution in [0.25, 0.3) is 0 Å². The van der Waals surface area contributed by atoms with E-state index in [9.17, 15) is 13.2 Å². The molecule has 0 fully saturated rings. The van der Waals surface area contributed by atoms with Crippen LogP contribution >= 0.6 is 0 Å². The Hall–Kier alpha value is -2.32. The number of sulfonamides is 1. The minimum atomic E-state index is -3.83. The van der Waals surface area contributed by atoms with Crippen molar-refractivity contribution in [1.29, 1.82) is 0 Å². The summed E-state index contributed by atoms with van der Waals surface area (Å²) in [4.78, 5) is 10.9. The fraction of sp³-hybridized carbons (Fsp3) is 0.154. The van der Waals surface area contributed by atoms with Crippen LogP contribution in [0.5, 0.6) is 0 Å². The Kier molecular flexibility index (Phi) is 4.29. The molecule has 0 radical (unpaired) electrons. The molecule has 0 amide bonds. The van der Waals surface area contributed by atoms with Crippen molar-refractivity contribution in [2.24, 2.45) is 0 Å². The molecule has 0 aliphatic rings. The smallest absolute Gasteiger partial charge is 0.335 e. The van der Waals surface area contributed by atoms with Gasteiger partial charge in [-0.1, -0.05) is 6.07 Å². The van der Waals surface area contributed by atoms with Crippen molar-refractivity contribution in [1.82, 2.24) is 14.9 Å². The Bertz CT molecular complexity index is 760. The van der Waals surface area contributed by atoms with Gasteiger partial charge in [0, 0.05) is 6.20 Å². The van der Waals surface area contributed by atoms with E-state index < -0.39 is 16.0 Å². The van der Waals surface area contributed by atoms with Crippen LogP contribution in [0.3, 0.4) is 0 Å². The Balaban J connectivity index is 2.27. The minimum absolute atomic E-state index is 0.0209. The summed E-state index contributed by atoms with van der Waals surface area (Å²) in [6, 6.07) is 7.24. The highest BCUT2D eigenvalue weighted by Gasteiger charge is 2.19. The summed E-state index contributed by atoms with van der Waals surface area (Å²) in [7, 11) is -3.83. The zero-order valence-electron chi connectivity index (χ0n) is 11.1. The molecule has 0 atom stereocenters. The predicted molar refractivity (Wildman–Crippen MR) is 74.2 cm³/mol. The molecule has 21 heavy (non-hydrogen) atoms. The first-order valence-corrected chi connectivity index (χ1v) is 7.48. The number of carboxylic acid groups (broad SMARTS) is 1. The van der Waals surface area contributed by atoms with E-state index in [-0.39, 0.29) is 17.0 Å². The zero-order valence-corrected chi connectivity index (χ0v) is 12.0. The number of rotatable bonds is 5. The second-order valence-corrected chi connectivity index (χ2v) is 6.06. The lowest BCUT2D eigenvalue weighted by atomic mass is 10.1. The van der Waals surface area contributed by atoms with Gasteiger partial charge in [0.25, 0.3) is 0 Å². The summed E-state index contributed by atoms with van der Waals surface area (Å²) in [5.41, 5.74) is 0.847. The van der Waals surface area contributed by atoms with E-state index in [1.54, 1.807) is 19.1 Å². The number of aryl methyl sites for hydroxylation is 1. The molecule has 7 nitrogen and oxygen atoms in total. The molecule has 1 aromatic heterocycles. The molecule has 0 unspecified atom stereocenters. The highest BCUT2D eigenvalue weighted by Crippen LogP contribution is 2.17. The van der Waals surface area contributed by atoms with Gasteiger partial charge in [0.2, 0.25) is 10.0 Å². The Morgan fingerprint density at radius 3 is 2.71 bits per heavy atom. The van der Waals surface area contributed by atoms with Gasteiger partial charge < -0.3 is 5.11 Å². The first-order valence-electron chi connectivity index (χ1n) is 6.00. The topological polar surface area (TPSA) is 109 Å². The monoisotopic (exact) mass is 307 g/mol. The van der Waals surface area contributed by atoms with Crippen molar-refractivity contribution < 1.29 is 18.3 Å². The number of hydrogen-bond donors (Lipinski definition) is 2. The third kappa shape index (κ3) is 3.61. The largest absolute Gasteiger partial charge is 0.478 e. The lowest BCUT2D eigenvalue weighted by molar-refractivity contribution is 0.0696. The van der Waals surface area contributed by atoms with E-state index in [2.05, 4.69) is 14.9 Å². The number of carboxylic acids is 1. The van der Waals surface area contributed by atoms with E-state index in [4.69, 9.17) is 5.11 Å². The zero-order chi connectivity index (χ0) is 15.5. The number of aromatic carboxylic acids is 1. The van der Waals surface area contributed by atoms with Gasteiger partial charge in [-0.3, -0.25) is 0 Å². The minimum Gasteiger partial charge on any atom is -0.478 e. The van der Waals surface area contributed by atoms with Gasteiger partial charge in [-0.2, -0.15) is 10.2 Å². The molecule has 8 heteroatoms. The average Bonchev–Trinajstić information content (AvgIpc) is 2.46. The van der Waals surface area contributed by atoms with E-state index in [1.165, 1.54) is 18.3 Å². The van der Waals surface area contributed by atoms with Gasteiger partial charge in [0.15, 0.2) is 0 Å². The van der Waals surface area contributed by atoms with Crippen LogP contribution in [0.4, 0.5) is 0 Å². The molecule has 2 N–H and O–H groups in total. The average molecular weight is 307 g/mol. The molecular formula is C13H13N3O4S. The standard InChI is InChI=1S/C13H13N3O4S/c1-9-4-5-10(13(17)18)7-12(9)21(19,20)15-8-11-3-2-6-14-16-11/h2-7,15H,8H2,1H3,(H,17,18). The summed E-state index contributed by atoms with van der Waals surface area (Å²) in [5.74, 6) is -1.18. The normalized spacial score (nSPS) is 11.3. The number of nitrogens with one attached hydrogen (secondary N) is 1. The molecule has 2 aromatic rings. The molecule has 0 saturated heterocycles. The van der Waals surface area contributed by atoms with Gasteiger partial charge in [0.05, 0.1) is 22.7 Å². The third-order valence-corrected chi connectivity index (χ3v) is 4.34. The van der Waals surface area contributed by atoms with Crippen LogP contribution in [0.15, 0.2) is 41.4 Å². The number of aromatic nitrogens is 2. The number of carbonyl (C=O) groups is 1. The summed E-state index contributed by atoms with van der Waals surface area (Å²) >= 11 is 0. The van der Waals surface area contributed by atoms with Crippen LogP contribution < -0.4 is 4.72 Å². The van der Waals surface area contributed by atoms with E-state index in [1.807, 2.05) is 0 Å². The van der Waals surface area contributed by atoms with Crippen LogP contribution in [0.2, 0.25) is 0 Å². The number of benzene rings is 1. The SMILES string of the molecule is Cc1ccc(C(=O)O)cc1S(=O)(=O)NCc1cccnn1. The molecule has 1 aromatic carbocycles. The Labute approximate surface area is 121 Å². The second kappa shape index (κ2) is 5.98. The fourth-order valence-corrected chi connectivity index (χ4v) is 2.96. The molecule has 0 saturated carbocycles. The molecule has 0 aliphatic carbocycles. The molecule has 1 heterocycles. The number of hydrogen-bond acceptors (Lipinski definition) is 5. The van der Waals surface area contributed by atoms with Crippen LogP contribution in [-0.2, 0) is 16.6 Å². The summed E-state index contributed by atoms with van der Waals surface area (Å²) in [5, 5.41) is 16.4. The maximum Gasteiger partial charge on any atom is 0.335 e. The van der Waals surface area contributed by atoms with Gasteiger partial charge >= 0.3 is 5.97 Å². The molecule has 0 aliphatic heterocycles. The molecule has 0 bridgehead atoms. The highest BCUT2D eigenvalue weighted by molar-refractivity contribution is 7.89. The maximum atomic E-state index is 12.2. The van der Waals surface area contributed by atoms with Crippen molar-refractivity contribution in [2.75, 3.05) is 0 Å². The summed E-state index contributed by atoms with van der Waals surface area (Å²) < 4.78 is 26.9.